The Bertz CT molecular complexity index is 166. The molecule has 0 aromatic rings. The molecule has 0 saturated carbocycles. The Hall–Kier alpha value is 0.100. The van der Waals surface area contributed by atoms with Gasteiger partial charge in [0.25, 0.3) is 0 Å². The third kappa shape index (κ3) is 4.09. The summed E-state index contributed by atoms with van der Waals surface area (Å²) in [6.45, 7) is 0. The van der Waals surface area contributed by atoms with E-state index in [0.29, 0.717) is 5.25 Å². The van der Waals surface area contributed by atoms with Crippen molar-refractivity contribution in [3.05, 3.63) is 0 Å². The normalized spacial score (nSPS) is 25.3. The van der Waals surface area contributed by atoms with Crippen LogP contribution in [-0.2, 0) is 0 Å². The highest BCUT2D eigenvalue weighted by atomic mass is 32.2. The molecule has 84 valence electrons. The highest BCUT2D eigenvalue weighted by molar-refractivity contribution is 8.00. The molecule has 1 aliphatic heterocycles. The van der Waals surface area contributed by atoms with E-state index in [-0.39, 0.29) is 12.5 Å². The first-order chi connectivity index (χ1) is 6.53. The zero-order valence-corrected chi connectivity index (χ0v) is 9.05. The first kappa shape index (κ1) is 12.2. The molecule has 0 spiro atoms. The van der Waals surface area contributed by atoms with Crippen LogP contribution in [0, 0.1) is 0 Å². The number of hydrogen-bond donors (Lipinski definition) is 1. The minimum absolute atomic E-state index is 0.0177. The van der Waals surface area contributed by atoms with Crippen LogP contribution in [0.15, 0.2) is 0 Å². The molecule has 1 aliphatic rings. The van der Waals surface area contributed by atoms with Crippen molar-refractivity contribution in [1.82, 2.24) is 5.32 Å². The van der Waals surface area contributed by atoms with Crippen molar-refractivity contribution in [2.45, 2.75) is 43.2 Å². The molecule has 0 amide bonds. The molecule has 1 nitrogen and oxygen atoms in total. The summed E-state index contributed by atoms with van der Waals surface area (Å²) in [5, 5.41) is 3.37. The van der Waals surface area contributed by atoms with E-state index in [0.717, 1.165) is 18.6 Å². The molecule has 1 saturated heterocycles. The Labute approximate surface area is 86.8 Å². The predicted octanol–water partition coefficient (Wildman–Crippen LogP) is 2.81. The molecular weight excluding hydrogens is 211 g/mol. The van der Waals surface area contributed by atoms with E-state index in [1.807, 2.05) is 0 Å². The van der Waals surface area contributed by atoms with Crippen LogP contribution in [0.5, 0.6) is 0 Å². The summed E-state index contributed by atoms with van der Waals surface area (Å²) >= 11 is 1.80. The summed E-state index contributed by atoms with van der Waals surface area (Å²) in [5.41, 5.74) is 0. The van der Waals surface area contributed by atoms with E-state index in [2.05, 4.69) is 5.32 Å². The molecule has 0 bridgehead atoms. The van der Waals surface area contributed by atoms with Gasteiger partial charge in [-0.15, -0.1) is 0 Å². The van der Waals surface area contributed by atoms with Crippen LogP contribution < -0.4 is 5.32 Å². The zero-order chi connectivity index (χ0) is 10.6. The highest BCUT2D eigenvalue weighted by Gasteiger charge is 2.31. The maximum absolute atomic E-state index is 12.0. The van der Waals surface area contributed by atoms with Crippen LogP contribution in [-0.4, -0.2) is 30.3 Å². The third-order valence-electron chi connectivity index (χ3n) is 2.52. The molecule has 0 aliphatic carbocycles. The van der Waals surface area contributed by atoms with E-state index >= 15 is 0 Å². The second-order valence-electron chi connectivity index (χ2n) is 3.60. The van der Waals surface area contributed by atoms with Gasteiger partial charge in [-0.2, -0.15) is 24.9 Å². The van der Waals surface area contributed by atoms with Gasteiger partial charge in [-0.05, 0) is 32.1 Å². The molecule has 2 unspecified atom stereocenters. The van der Waals surface area contributed by atoms with Gasteiger partial charge < -0.3 is 5.32 Å². The molecule has 14 heavy (non-hydrogen) atoms. The summed E-state index contributed by atoms with van der Waals surface area (Å²) in [6.07, 6.45) is -2.29. The van der Waals surface area contributed by atoms with Crippen LogP contribution in [0.4, 0.5) is 13.2 Å². The number of alkyl halides is 3. The highest BCUT2D eigenvalue weighted by Crippen LogP contribution is 2.32. The van der Waals surface area contributed by atoms with Crippen molar-refractivity contribution >= 4 is 11.8 Å². The monoisotopic (exact) mass is 227 g/mol. The number of rotatable bonds is 4. The van der Waals surface area contributed by atoms with E-state index < -0.39 is 12.6 Å². The summed E-state index contributed by atoms with van der Waals surface area (Å²) in [6, 6.07) is 0.0177. The fourth-order valence-corrected chi connectivity index (χ4v) is 3.23. The number of nitrogens with one attached hydrogen (secondary N) is 1. The Balaban J connectivity index is 2.31. The predicted molar refractivity (Wildman–Crippen MR) is 53.6 cm³/mol. The molecule has 0 aromatic heterocycles. The fourth-order valence-electron chi connectivity index (χ4n) is 1.76. The summed E-state index contributed by atoms with van der Waals surface area (Å²) < 4.78 is 36.0. The van der Waals surface area contributed by atoms with Crippen LogP contribution in [0.2, 0.25) is 0 Å². The van der Waals surface area contributed by atoms with Gasteiger partial charge in [0.15, 0.2) is 0 Å². The van der Waals surface area contributed by atoms with Crippen molar-refractivity contribution in [2.24, 2.45) is 0 Å². The van der Waals surface area contributed by atoms with Crippen LogP contribution in [0.1, 0.15) is 25.7 Å². The Morgan fingerprint density at radius 2 is 2.21 bits per heavy atom. The average molecular weight is 227 g/mol. The van der Waals surface area contributed by atoms with Gasteiger partial charge in [0.2, 0.25) is 0 Å². The van der Waals surface area contributed by atoms with Gasteiger partial charge in [0.1, 0.15) is 0 Å². The lowest BCUT2D eigenvalue weighted by molar-refractivity contribution is -0.136. The van der Waals surface area contributed by atoms with E-state index in [1.165, 1.54) is 0 Å². The van der Waals surface area contributed by atoms with Crippen LogP contribution in [0.3, 0.4) is 0 Å². The van der Waals surface area contributed by atoms with Crippen molar-refractivity contribution < 1.29 is 13.2 Å². The number of halogens is 3. The minimum atomic E-state index is -4.02. The van der Waals surface area contributed by atoms with Crippen molar-refractivity contribution in [1.29, 1.82) is 0 Å². The molecule has 1 rings (SSSR count). The topological polar surface area (TPSA) is 12.0 Å². The number of hydrogen-bond acceptors (Lipinski definition) is 2. The SMILES string of the molecule is CNC(CCC(F)(F)F)C1CCCS1. The van der Waals surface area contributed by atoms with Crippen LogP contribution in [0.25, 0.3) is 0 Å². The van der Waals surface area contributed by atoms with E-state index in [4.69, 9.17) is 0 Å². The number of thioether (sulfide) groups is 1. The molecule has 0 radical (unpaired) electrons. The Morgan fingerprint density at radius 3 is 2.64 bits per heavy atom. The molecular formula is C9H16F3NS. The fraction of sp³-hybridized carbons (Fsp3) is 1.00. The van der Waals surface area contributed by atoms with Crippen molar-refractivity contribution in [2.75, 3.05) is 12.8 Å². The van der Waals surface area contributed by atoms with Gasteiger partial charge >= 0.3 is 6.18 Å². The molecule has 1 N–H and O–H groups in total. The lowest BCUT2D eigenvalue weighted by Crippen LogP contribution is -2.35. The first-order valence-corrected chi connectivity index (χ1v) is 5.93. The second-order valence-corrected chi connectivity index (χ2v) is 4.95. The Morgan fingerprint density at radius 1 is 1.50 bits per heavy atom. The van der Waals surface area contributed by atoms with Crippen LogP contribution >= 0.6 is 11.8 Å². The second kappa shape index (κ2) is 5.26. The largest absolute Gasteiger partial charge is 0.389 e. The Kier molecular flexibility index (Phi) is 4.57. The lowest BCUT2D eigenvalue weighted by Gasteiger charge is -2.22. The molecule has 2 atom stereocenters. The molecule has 1 fully saturated rings. The maximum atomic E-state index is 12.0. The molecule has 1 heterocycles. The maximum Gasteiger partial charge on any atom is 0.389 e. The minimum Gasteiger partial charge on any atom is -0.316 e. The first-order valence-electron chi connectivity index (χ1n) is 4.88. The third-order valence-corrected chi connectivity index (χ3v) is 4.04. The average Bonchev–Trinajstić information content (AvgIpc) is 2.56. The molecule has 0 aromatic carbocycles. The van der Waals surface area contributed by atoms with Gasteiger partial charge in [0.05, 0.1) is 0 Å². The smallest absolute Gasteiger partial charge is 0.316 e. The standard InChI is InChI=1S/C9H16F3NS/c1-13-7(4-5-9(10,11)12)8-3-2-6-14-8/h7-8,13H,2-6H2,1H3. The summed E-state index contributed by atoms with van der Waals surface area (Å²) in [7, 11) is 1.75. The quantitative estimate of drug-likeness (QED) is 0.792. The molecule has 5 heteroatoms. The van der Waals surface area contributed by atoms with Gasteiger partial charge in [-0.3, -0.25) is 0 Å². The summed E-state index contributed by atoms with van der Waals surface area (Å²) in [5.74, 6) is 1.09. The van der Waals surface area contributed by atoms with Gasteiger partial charge in [-0.25, -0.2) is 0 Å². The van der Waals surface area contributed by atoms with Crippen molar-refractivity contribution in [3.8, 4) is 0 Å². The zero-order valence-electron chi connectivity index (χ0n) is 8.23. The van der Waals surface area contributed by atoms with Gasteiger partial charge in [0, 0.05) is 17.7 Å². The summed E-state index contributed by atoms with van der Waals surface area (Å²) in [4.78, 5) is 0. The van der Waals surface area contributed by atoms with Crippen molar-refractivity contribution in [3.63, 3.8) is 0 Å². The van der Waals surface area contributed by atoms with Gasteiger partial charge in [-0.1, -0.05) is 0 Å². The van der Waals surface area contributed by atoms with E-state index in [1.54, 1.807) is 18.8 Å². The van der Waals surface area contributed by atoms with E-state index in [9.17, 15) is 13.2 Å². The lowest BCUT2D eigenvalue weighted by atomic mass is 10.0.